The molecule has 0 saturated carbocycles. The Morgan fingerprint density at radius 2 is 1.88 bits per heavy atom. The van der Waals surface area contributed by atoms with Crippen LogP contribution < -0.4 is 22.1 Å². The summed E-state index contributed by atoms with van der Waals surface area (Å²) in [6, 6.07) is 5.09. The van der Waals surface area contributed by atoms with Gasteiger partial charge in [-0.25, -0.2) is 9.18 Å². The molecule has 1 aliphatic heterocycles. The van der Waals surface area contributed by atoms with Crippen molar-refractivity contribution < 1.29 is 28.7 Å². The van der Waals surface area contributed by atoms with Gasteiger partial charge in [0.25, 0.3) is 5.91 Å². The molecule has 1 aliphatic rings. The van der Waals surface area contributed by atoms with Crippen LogP contribution in [0.4, 0.5) is 9.18 Å². The lowest BCUT2D eigenvalue weighted by Crippen LogP contribution is -2.53. The van der Waals surface area contributed by atoms with Gasteiger partial charge in [-0.1, -0.05) is 30.3 Å². The number of carbonyl (C=O) groups excluding carboxylic acids is 3. The molecular weight excluding hydrogens is 435 g/mol. The minimum atomic E-state index is -1.38. The van der Waals surface area contributed by atoms with E-state index in [1.807, 2.05) is 0 Å². The number of aliphatic imine (C=N–C) groups is 1. The second-order valence-electron chi connectivity index (χ2n) is 7.59. The van der Waals surface area contributed by atoms with Gasteiger partial charge in [-0.3, -0.25) is 19.4 Å². The van der Waals surface area contributed by atoms with E-state index >= 15 is 0 Å². The van der Waals surface area contributed by atoms with Crippen LogP contribution in [0, 0.1) is 0 Å². The maximum absolute atomic E-state index is 13.2. The van der Waals surface area contributed by atoms with E-state index < -0.39 is 48.5 Å². The number of Topliss-reactive ketones (excluding diaryl/α,β-unsaturated/α-hetero) is 1. The summed E-state index contributed by atoms with van der Waals surface area (Å²) in [5.41, 5.74) is 10.9. The zero-order valence-electron chi connectivity index (χ0n) is 18.1. The molecule has 0 aliphatic carbocycles. The van der Waals surface area contributed by atoms with Crippen LogP contribution in [0.5, 0.6) is 0 Å². The summed E-state index contributed by atoms with van der Waals surface area (Å²) in [6.07, 6.45) is -0.0761. The van der Waals surface area contributed by atoms with E-state index in [4.69, 9.17) is 11.5 Å². The van der Waals surface area contributed by atoms with E-state index in [-0.39, 0.29) is 25.5 Å². The van der Waals surface area contributed by atoms with E-state index in [0.717, 1.165) is 0 Å². The van der Waals surface area contributed by atoms with Gasteiger partial charge in [0, 0.05) is 13.1 Å². The van der Waals surface area contributed by atoms with Crippen molar-refractivity contribution in [2.24, 2.45) is 16.5 Å². The van der Waals surface area contributed by atoms with Gasteiger partial charge in [-0.2, -0.15) is 0 Å². The monoisotopic (exact) mass is 464 g/mol. The summed E-state index contributed by atoms with van der Waals surface area (Å²) in [5, 5.41) is 13.9. The van der Waals surface area contributed by atoms with E-state index in [9.17, 15) is 28.7 Å². The third-order valence-electron chi connectivity index (χ3n) is 5.27. The Balaban J connectivity index is 2.13. The van der Waals surface area contributed by atoms with Gasteiger partial charge < -0.3 is 32.1 Å². The summed E-state index contributed by atoms with van der Waals surface area (Å²) in [6.45, 7) is -0.797. The lowest BCUT2D eigenvalue weighted by molar-refractivity contribution is -0.140. The van der Waals surface area contributed by atoms with Gasteiger partial charge in [0.2, 0.25) is 5.91 Å². The van der Waals surface area contributed by atoms with Crippen molar-refractivity contribution in [1.29, 1.82) is 0 Å². The Kier molecular flexibility index (Phi) is 9.58. The predicted molar refractivity (Wildman–Crippen MR) is 118 cm³/mol. The molecule has 0 aromatic heterocycles. The van der Waals surface area contributed by atoms with Crippen LogP contribution in [-0.2, 0) is 14.4 Å². The fourth-order valence-corrected chi connectivity index (χ4v) is 3.70. The molecule has 1 saturated heterocycles. The fourth-order valence-electron chi connectivity index (χ4n) is 3.70. The van der Waals surface area contributed by atoms with E-state index in [2.05, 4.69) is 15.6 Å². The first-order chi connectivity index (χ1) is 15.7. The number of carboxylic acid groups (broad SMARTS) is 1. The first kappa shape index (κ1) is 25.6. The van der Waals surface area contributed by atoms with Gasteiger partial charge in [0.05, 0.1) is 6.04 Å². The number of alkyl halides is 1. The zero-order valence-corrected chi connectivity index (χ0v) is 18.1. The van der Waals surface area contributed by atoms with Crippen molar-refractivity contribution >= 4 is 29.7 Å². The summed E-state index contributed by atoms with van der Waals surface area (Å²) in [5.74, 6) is -2.09. The quantitative estimate of drug-likeness (QED) is 0.174. The number of nitrogens with one attached hydrogen (secondary N) is 2. The van der Waals surface area contributed by atoms with Crippen molar-refractivity contribution in [2.75, 3.05) is 19.8 Å². The molecule has 12 heteroatoms. The fraction of sp³-hybridized carbons (Fsp3) is 0.476. The predicted octanol–water partition coefficient (Wildman–Crippen LogP) is 0.0633. The van der Waals surface area contributed by atoms with Gasteiger partial charge in [-0.15, -0.1) is 0 Å². The highest BCUT2D eigenvalue weighted by Crippen LogP contribution is 2.24. The Bertz CT molecular complexity index is 877. The molecule has 1 fully saturated rings. The summed E-state index contributed by atoms with van der Waals surface area (Å²) < 4.78 is 13.0. The minimum Gasteiger partial charge on any atom is -0.465 e. The highest BCUT2D eigenvalue weighted by Gasteiger charge is 2.39. The maximum Gasteiger partial charge on any atom is 0.405 e. The van der Waals surface area contributed by atoms with Crippen LogP contribution in [0.25, 0.3) is 0 Å². The minimum absolute atomic E-state index is 0.115. The number of likely N-dealkylation sites (tertiary alicyclic amines) is 1. The third-order valence-corrected chi connectivity index (χ3v) is 5.27. The molecule has 3 atom stereocenters. The number of benzene rings is 1. The molecule has 0 spiro atoms. The molecule has 11 nitrogen and oxygen atoms in total. The number of nitrogens with two attached hydrogens (primary N) is 2. The molecule has 0 bridgehead atoms. The molecule has 2 rings (SSSR count). The number of nitrogens with zero attached hydrogens (tertiary/aromatic N) is 2. The number of rotatable bonds is 11. The molecule has 2 unspecified atom stereocenters. The number of hydrogen-bond acceptors (Lipinski definition) is 5. The Morgan fingerprint density at radius 3 is 2.48 bits per heavy atom. The highest BCUT2D eigenvalue weighted by atomic mass is 19.1. The lowest BCUT2D eigenvalue weighted by atomic mass is 10.0. The Labute approximate surface area is 190 Å². The topological polar surface area (TPSA) is 180 Å². The number of carbonyl (C=O) groups is 4. The van der Waals surface area contributed by atoms with Crippen LogP contribution in [-0.4, -0.2) is 71.5 Å². The van der Waals surface area contributed by atoms with Crippen LogP contribution in [0.1, 0.15) is 37.3 Å². The average Bonchev–Trinajstić information content (AvgIpc) is 3.29. The van der Waals surface area contributed by atoms with E-state index in [0.29, 0.717) is 24.8 Å². The summed E-state index contributed by atoms with van der Waals surface area (Å²) in [7, 11) is 0. The van der Waals surface area contributed by atoms with Crippen molar-refractivity contribution in [3.63, 3.8) is 0 Å². The largest absolute Gasteiger partial charge is 0.465 e. The maximum atomic E-state index is 13.2. The van der Waals surface area contributed by atoms with Crippen molar-refractivity contribution in [3.8, 4) is 0 Å². The van der Waals surface area contributed by atoms with Crippen LogP contribution in [0.3, 0.4) is 0 Å². The Hall–Kier alpha value is -3.70. The number of guanidine groups is 1. The molecule has 1 heterocycles. The normalized spacial score (nSPS) is 17.0. The Morgan fingerprint density at radius 1 is 1.18 bits per heavy atom. The van der Waals surface area contributed by atoms with Crippen molar-refractivity contribution in [1.82, 2.24) is 15.5 Å². The van der Waals surface area contributed by atoms with Crippen LogP contribution >= 0.6 is 0 Å². The summed E-state index contributed by atoms with van der Waals surface area (Å²) >= 11 is 0. The molecule has 0 radical (unpaired) electrons. The smallest absolute Gasteiger partial charge is 0.405 e. The lowest BCUT2D eigenvalue weighted by Gasteiger charge is -2.29. The standard InChI is InChI=1S/C21H29FN6O5/c22-12-16(29)14(8-4-10-25-20(23)24)26-18(30)15-9-5-11-28(15)19(31)17(27-21(32)33)13-6-2-1-3-7-13/h1-3,6-7,14-15,17,27H,4-5,8-12H2,(H,26,30)(H,32,33)(H4,23,24,25)/t14?,15?,17-/m0/s1. The number of ketones is 1. The molecule has 1 aromatic carbocycles. The van der Waals surface area contributed by atoms with Crippen LogP contribution in [0.2, 0.25) is 0 Å². The van der Waals surface area contributed by atoms with E-state index in [1.54, 1.807) is 30.3 Å². The average molecular weight is 464 g/mol. The highest BCUT2D eigenvalue weighted by molar-refractivity contribution is 5.95. The van der Waals surface area contributed by atoms with E-state index in [1.165, 1.54) is 4.90 Å². The number of hydrogen-bond donors (Lipinski definition) is 5. The molecular formula is C21H29FN6O5. The molecule has 33 heavy (non-hydrogen) atoms. The number of amides is 3. The molecule has 3 amide bonds. The second kappa shape index (κ2) is 12.4. The first-order valence-electron chi connectivity index (χ1n) is 10.5. The van der Waals surface area contributed by atoms with Crippen molar-refractivity contribution in [3.05, 3.63) is 35.9 Å². The van der Waals surface area contributed by atoms with Gasteiger partial charge >= 0.3 is 6.09 Å². The first-order valence-corrected chi connectivity index (χ1v) is 10.5. The second-order valence-corrected chi connectivity index (χ2v) is 7.59. The van der Waals surface area contributed by atoms with Gasteiger partial charge in [-0.05, 0) is 31.2 Å². The third kappa shape index (κ3) is 7.44. The molecule has 7 N–H and O–H groups in total. The van der Waals surface area contributed by atoms with Crippen LogP contribution in [0.15, 0.2) is 35.3 Å². The van der Waals surface area contributed by atoms with Gasteiger partial charge in [0.1, 0.15) is 18.8 Å². The summed E-state index contributed by atoms with van der Waals surface area (Å²) in [4.78, 5) is 54.5. The van der Waals surface area contributed by atoms with Crippen molar-refractivity contribution in [2.45, 2.75) is 43.8 Å². The molecule has 180 valence electrons. The zero-order chi connectivity index (χ0) is 24.4. The molecule has 1 aromatic rings. The SMILES string of the molecule is NC(N)=NCCCC(NC(=O)C1CCCN1C(=O)[C@@H](NC(=O)O)c1ccccc1)C(=O)CF. The van der Waals surface area contributed by atoms with Gasteiger partial charge in [0.15, 0.2) is 11.7 Å². The number of halogens is 1.